The smallest absolute Gasteiger partial charge is 0.343 e. The molecule has 0 fully saturated rings. The van der Waals surface area contributed by atoms with Crippen LogP contribution in [0.15, 0.2) is 72.1 Å². The number of carbonyl (C=O) groups excluding carboxylic acids is 2. The molecule has 0 spiro atoms. The number of nitro benzene ring substituents is 1. The molecule has 0 atom stereocenters. The van der Waals surface area contributed by atoms with E-state index < -0.39 is 16.7 Å². The number of aromatic nitrogens is 1. The van der Waals surface area contributed by atoms with Gasteiger partial charge in [0.15, 0.2) is 11.5 Å². The molecule has 1 aromatic heterocycles. The molecule has 10 heteroatoms. The number of pyridine rings is 1. The first kappa shape index (κ1) is 21.1. The number of benzene rings is 2. The third kappa shape index (κ3) is 4.70. The second-order valence-electron chi connectivity index (χ2n) is 6.10. The first-order valence-corrected chi connectivity index (χ1v) is 8.82. The summed E-state index contributed by atoms with van der Waals surface area (Å²) in [6.45, 7) is 0. The second-order valence-corrected chi connectivity index (χ2v) is 6.10. The zero-order valence-corrected chi connectivity index (χ0v) is 16.2. The van der Waals surface area contributed by atoms with E-state index in [0.717, 1.165) is 0 Å². The van der Waals surface area contributed by atoms with Crippen LogP contribution in [0.5, 0.6) is 11.5 Å². The molecule has 0 radical (unpaired) electrons. The van der Waals surface area contributed by atoms with Gasteiger partial charge in [-0.25, -0.2) is 4.79 Å². The molecule has 10 nitrogen and oxygen atoms in total. The van der Waals surface area contributed by atoms with Gasteiger partial charge in [0, 0.05) is 35.7 Å². The van der Waals surface area contributed by atoms with Crippen LogP contribution in [0, 0.1) is 10.1 Å². The Labute approximate surface area is 176 Å². The molecule has 0 amide bonds. The first-order chi connectivity index (χ1) is 14.9. The Balaban J connectivity index is 1.84. The van der Waals surface area contributed by atoms with E-state index in [-0.39, 0.29) is 28.5 Å². The summed E-state index contributed by atoms with van der Waals surface area (Å²) in [5.41, 5.74) is 0.667. The molecule has 0 saturated heterocycles. The fourth-order valence-corrected chi connectivity index (χ4v) is 2.68. The van der Waals surface area contributed by atoms with Crippen molar-refractivity contribution in [2.75, 3.05) is 7.11 Å². The fraction of sp³-hybridized carbons (Fsp3) is 0.0476. The number of rotatable bonds is 7. The summed E-state index contributed by atoms with van der Waals surface area (Å²) in [6, 6.07) is 12.4. The van der Waals surface area contributed by atoms with Gasteiger partial charge in [0.25, 0.3) is 5.69 Å². The topological polar surface area (TPSA) is 147 Å². The molecule has 1 heterocycles. The van der Waals surface area contributed by atoms with E-state index in [1.165, 1.54) is 74.1 Å². The standard InChI is InChI=1S/C21H16N4O6/c1-30-18-12-15(19(24-22)20(26)13-8-10-23-11-9-13)4-7-17(18)31-21(27)14-2-5-16(6-3-14)25(28)29/h2-12H,22H2,1H3/b24-19+. The van der Waals surface area contributed by atoms with Crippen LogP contribution in [0.1, 0.15) is 26.3 Å². The quantitative estimate of drug-likeness (QED) is 0.117. The highest BCUT2D eigenvalue weighted by atomic mass is 16.6. The Bertz CT molecular complexity index is 1160. The van der Waals surface area contributed by atoms with E-state index >= 15 is 0 Å². The minimum Gasteiger partial charge on any atom is -0.493 e. The Morgan fingerprint density at radius 2 is 1.61 bits per heavy atom. The van der Waals surface area contributed by atoms with E-state index in [2.05, 4.69) is 10.1 Å². The third-order valence-corrected chi connectivity index (χ3v) is 4.24. The minimum absolute atomic E-state index is 0.0160. The predicted molar refractivity (Wildman–Crippen MR) is 110 cm³/mol. The molecule has 3 rings (SSSR count). The maximum atomic E-state index is 12.7. The Morgan fingerprint density at radius 1 is 0.968 bits per heavy atom. The minimum atomic E-state index is -0.735. The number of esters is 1. The summed E-state index contributed by atoms with van der Waals surface area (Å²) in [7, 11) is 1.37. The van der Waals surface area contributed by atoms with Crippen molar-refractivity contribution in [2.45, 2.75) is 0 Å². The number of hydrogen-bond acceptors (Lipinski definition) is 9. The van der Waals surface area contributed by atoms with Gasteiger partial charge in [-0.15, -0.1) is 0 Å². The van der Waals surface area contributed by atoms with E-state index in [4.69, 9.17) is 15.3 Å². The van der Waals surface area contributed by atoms with Gasteiger partial charge in [-0.2, -0.15) is 5.10 Å². The highest BCUT2D eigenvalue weighted by molar-refractivity contribution is 6.51. The number of hydrogen-bond donors (Lipinski definition) is 1. The molecular formula is C21H16N4O6. The van der Waals surface area contributed by atoms with Crippen LogP contribution in [0.4, 0.5) is 5.69 Å². The lowest BCUT2D eigenvalue weighted by Gasteiger charge is -2.12. The summed E-state index contributed by atoms with van der Waals surface area (Å²) >= 11 is 0. The number of nitrogens with zero attached hydrogens (tertiary/aromatic N) is 3. The average Bonchev–Trinajstić information content (AvgIpc) is 2.80. The lowest BCUT2D eigenvalue weighted by Crippen LogP contribution is -2.18. The molecule has 0 saturated carbocycles. The third-order valence-electron chi connectivity index (χ3n) is 4.24. The van der Waals surface area contributed by atoms with Crippen molar-refractivity contribution in [3.63, 3.8) is 0 Å². The van der Waals surface area contributed by atoms with Crippen LogP contribution in [0.25, 0.3) is 0 Å². The zero-order chi connectivity index (χ0) is 22.4. The SMILES string of the molecule is COc1cc(/C(=N\N)C(=O)c2ccncc2)ccc1OC(=O)c1ccc([N+](=O)[O-])cc1. The van der Waals surface area contributed by atoms with Crippen molar-refractivity contribution in [3.8, 4) is 11.5 Å². The Morgan fingerprint density at radius 3 is 2.19 bits per heavy atom. The van der Waals surface area contributed by atoms with Crippen molar-refractivity contribution in [1.29, 1.82) is 0 Å². The van der Waals surface area contributed by atoms with Crippen LogP contribution in [0.2, 0.25) is 0 Å². The van der Waals surface area contributed by atoms with Crippen LogP contribution in [0.3, 0.4) is 0 Å². The van der Waals surface area contributed by atoms with E-state index in [9.17, 15) is 19.7 Å². The first-order valence-electron chi connectivity index (χ1n) is 8.82. The van der Waals surface area contributed by atoms with Crippen molar-refractivity contribution in [1.82, 2.24) is 4.98 Å². The van der Waals surface area contributed by atoms with Crippen molar-refractivity contribution in [2.24, 2.45) is 10.9 Å². The summed E-state index contributed by atoms with van der Waals surface area (Å²) in [5, 5.41) is 14.3. The maximum absolute atomic E-state index is 12.7. The molecule has 2 N–H and O–H groups in total. The van der Waals surface area contributed by atoms with Crippen LogP contribution in [-0.2, 0) is 0 Å². The number of ketones is 1. The van der Waals surface area contributed by atoms with Crippen LogP contribution < -0.4 is 15.3 Å². The molecule has 31 heavy (non-hydrogen) atoms. The number of non-ortho nitro benzene ring substituents is 1. The Hall–Kier alpha value is -4.60. The second kappa shape index (κ2) is 9.27. The summed E-state index contributed by atoms with van der Waals surface area (Å²) in [5.74, 6) is 4.54. The fourth-order valence-electron chi connectivity index (χ4n) is 2.68. The number of hydrazone groups is 1. The number of carbonyl (C=O) groups is 2. The normalized spacial score (nSPS) is 10.9. The van der Waals surface area contributed by atoms with Gasteiger partial charge in [0.05, 0.1) is 17.6 Å². The molecule has 0 unspecified atom stereocenters. The molecule has 0 aliphatic heterocycles. The summed E-state index contributed by atoms with van der Waals surface area (Å²) in [4.78, 5) is 39.1. The monoisotopic (exact) mass is 420 g/mol. The maximum Gasteiger partial charge on any atom is 0.343 e. The predicted octanol–water partition coefficient (Wildman–Crippen LogP) is 2.76. The Kier molecular flexibility index (Phi) is 6.31. The molecule has 0 bridgehead atoms. The van der Waals surface area contributed by atoms with E-state index in [1.807, 2.05) is 0 Å². The largest absolute Gasteiger partial charge is 0.493 e. The van der Waals surface area contributed by atoms with Gasteiger partial charge >= 0.3 is 5.97 Å². The van der Waals surface area contributed by atoms with Gasteiger partial charge in [-0.05, 0) is 42.5 Å². The van der Waals surface area contributed by atoms with Gasteiger partial charge < -0.3 is 15.3 Å². The van der Waals surface area contributed by atoms with Crippen molar-refractivity contribution < 1.29 is 24.0 Å². The molecule has 156 valence electrons. The van der Waals surface area contributed by atoms with Crippen LogP contribution >= 0.6 is 0 Å². The van der Waals surface area contributed by atoms with Crippen LogP contribution in [-0.4, -0.2) is 34.5 Å². The average molecular weight is 420 g/mol. The molecular weight excluding hydrogens is 404 g/mol. The molecule has 0 aliphatic rings. The number of ether oxygens (including phenoxy) is 2. The number of methoxy groups -OCH3 is 1. The molecule has 0 aliphatic carbocycles. The molecule has 3 aromatic rings. The highest BCUT2D eigenvalue weighted by Gasteiger charge is 2.20. The number of nitrogens with two attached hydrogens (primary N) is 1. The zero-order valence-electron chi connectivity index (χ0n) is 16.2. The lowest BCUT2D eigenvalue weighted by atomic mass is 10.0. The van der Waals surface area contributed by atoms with Gasteiger partial charge in [0.2, 0.25) is 5.78 Å². The summed E-state index contributed by atoms with van der Waals surface area (Å²) in [6.07, 6.45) is 2.95. The summed E-state index contributed by atoms with van der Waals surface area (Å²) < 4.78 is 10.6. The number of nitro groups is 1. The van der Waals surface area contributed by atoms with Crippen molar-refractivity contribution >= 4 is 23.2 Å². The molecule has 2 aromatic carbocycles. The van der Waals surface area contributed by atoms with Gasteiger partial charge in [-0.1, -0.05) is 0 Å². The van der Waals surface area contributed by atoms with Gasteiger partial charge in [-0.3, -0.25) is 19.9 Å². The highest BCUT2D eigenvalue weighted by Crippen LogP contribution is 2.29. The van der Waals surface area contributed by atoms with E-state index in [1.54, 1.807) is 0 Å². The van der Waals surface area contributed by atoms with Gasteiger partial charge in [0.1, 0.15) is 5.71 Å². The lowest BCUT2D eigenvalue weighted by molar-refractivity contribution is -0.384. The van der Waals surface area contributed by atoms with E-state index in [0.29, 0.717) is 11.1 Å². The van der Waals surface area contributed by atoms with Crippen molar-refractivity contribution in [3.05, 3.63) is 93.8 Å². The number of Topliss-reactive ketones (excluding diaryl/α,β-unsaturated/α-hetero) is 1.